The summed E-state index contributed by atoms with van der Waals surface area (Å²) in [7, 11) is 0. The Hall–Kier alpha value is -0.690. The summed E-state index contributed by atoms with van der Waals surface area (Å²) >= 11 is 6.37. The Kier molecular flexibility index (Phi) is 4.45. The summed E-state index contributed by atoms with van der Waals surface area (Å²) in [5.74, 6) is 1.58. The zero-order valence-corrected chi connectivity index (χ0v) is 13.2. The number of ether oxygens (including phenoxy) is 1. The van der Waals surface area contributed by atoms with E-state index in [0.29, 0.717) is 5.92 Å². The summed E-state index contributed by atoms with van der Waals surface area (Å²) in [6.45, 7) is 8.91. The van der Waals surface area contributed by atoms with Gasteiger partial charge in [-0.25, -0.2) is 0 Å². The maximum absolute atomic E-state index is 6.37. The molecular weight excluding hydrogens is 256 g/mol. The van der Waals surface area contributed by atoms with Gasteiger partial charge in [0.1, 0.15) is 11.9 Å². The van der Waals surface area contributed by atoms with Gasteiger partial charge in [0.25, 0.3) is 0 Å². The Morgan fingerprint density at radius 3 is 2.63 bits per heavy atom. The van der Waals surface area contributed by atoms with E-state index in [1.807, 2.05) is 0 Å². The van der Waals surface area contributed by atoms with Gasteiger partial charge in [0, 0.05) is 17.2 Å². The molecule has 0 aliphatic heterocycles. The molecule has 2 heteroatoms. The molecule has 1 aliphatic carbocycles. The van der Waals surface area contributed by atoms with Crippen molar-refractivity contribution in [2.24, 2.45) is 5.41 Å². The van der Waals surface area contributed by atoms with Crippen LogP contribution in [0.2, 0.25) is 0 Å². The van der Waals surface area contributed by atoms with Crippen LogP contribution in [0.15, 0.2) is 24.3 Å². The Morgan fingerprint density at radius 1 is 1.37 bits per heavy atom. The predicted octanol–water partition coefficient (Wildman–Crippen LogP) is 5.37. The summed E-state index contributed by atoms with van der Waals surface area (Å²) in [6.07, 6.45) is 3.41. The van der Waals surface area contributed by atoms with Crippen molar-refractivity contribution in [3.05, 3.63) is 29.8 Å². The first kappa shape index (κ1) is 14.7. The molecular formula is C17H25ClO. The highest BCUT2D eigenvalue weighted by Gasteiger charge is 2.51. The molecule has 2 rings (SSSR count). The summed E-state index contributed by atoms with van der Waals surface area (Å²) < 4.78 is 6.30. The van der Waals surface area contributed by atoms with Gasteiger partial charge in [0.15, 0.2) is 0 Å². The molecule has 0 radical (unpaired) electrons. The topological polar surface area (TPSA) is 9.23 Å². The van der Waals surface area contributed by atoms with Gasteiger partial charge in [-0.2, -0.15) is 0 Å². The van der Waals surface area contributed by atoms with E-state index >= 15 is 0 Å². The Bertz CT molecular complexity index is 431. The van der Waals surface area contributed by atoms with Gasteiger partial charge < -0.3 is 4.74 Å². The Balaban J connectivity index is 2.16. The van der Waals surface area contributed by atoms with Gasteiger partial charge in [0.05, 0.1) is 0 Å². The molecule has 0 saturated heterocycles. The SMILES string of the molecule is CCC(C)c1ccccc1OC1CC(Cl)C1(C)CC. The third kappa shape index (κ3) is 2.63. The zero-order valence-electron chi connectivity index (χ0n) is 12.4. The van der Waals surface area contributed by atoms with Gasteiger partial charge in [-0.15, -0.1) is 11.6 Å². The molecule has 4 atom stereocenters. The van der Waals surface area contributed by atoms with Crippen LogP contribution in [0.3, 0.4) is 0 Å². The zero-order chi connectivity index (χ0) is 14.0. The number of hydrogen-bond acceptors (Lipinski definition) is 1. The molecule has 0 heterocycles. The molecule has 0 bridgehead atoms. The van der Waals surface area contributed by atoms with E-state index in [-0.39, 0.29) is 16.9 Å². The highest BCUT2D eigenvalue weighted by molar-refractivity contribution is 6.21. The van der Waals surface area contributed by atoms with Gasteiger partial charge in [-0.1, -0.05) is 45.9 Å². The lowest BCUT2D eigenvalue weighted by atomic mass is 9.65. The number of alkyl halides is 1. The van der Waals surface area contributed by atoms with E-state index in [0.717, 1.165) is 25.0 Å². The van der Waals surface area contributed by atoms with Crippen LogP contribution < -0.4 is 4.74 Å². The van der Waals surface area contributed by atoms with Gasteiger partial charge in [-0.3, -0.25) is 0 Å². The number of halogens is 1. The van der Waals surface area contributed by atoms with Crippen LogP contribution >= 0.6 is 11.6 Å². The van der Waals surface area contributed by atoms with Crippen molar-refractivity contribution < 1.29 is 4.74 Å². The van der Waals surface area contributed by atoms with Crippen molar-refractivity contribution in [1.29, 1.82) is 0 Å². The molecule has 4 unspecified atom stereocenters. The fourth-order valence-electron chi connectivity index (χ4n) is 2.77. The largest absolute Gasteiger partial charge is 0.489 e. The second-order valence-electron chi connectivity index (χ2n) is 6.02. The van der Waals surface area contributed by atoms with E-state index in [9.17, 15) is 0 Å². The van der Waals surface area contributed by atoms with Gasteiger partial charge in [0.2, 0.25) is 0 Å². The first-order valence-corrected chi connectivity index (χ1v) is 7.86. The predicted molar refractivity (Wildman–Crippen MR) is 82.2 cm³/mol. The number of rotatable bonds is 5. The Labute approximate surface area is 122 Å². The van der Waals surface area contributed by atoms with Crippen molar-refractivity contribution >= 4 is 11.6 Å². The highest BCUT2D eigenvalue weighted by atomic mass is 35.5. The molecule has 0 aromatic heterocycles. The van der Waals surface area contributed by atoms with Gasteiger partial charge >= 0.3 is 0 Å². The Morgan fingerprint density at radius 2 is 2.05 bits per heavy atom. The van der Waals surface area contributed by atoms with Gasteiger partial charge in [-0.05, 0) is 30.4 Å². The molecule has 1 nitrogen and oxygen atoms in total. The summed E-state index contributed by atoms with van der Waals surface area (Å²) in [5.41, 5.74) is 1.44. The molecule has 1 aliphatic rings. The molecule has 1 saturated carbocycles. The molecule has 1 aromatic carbocycles. The fraction of sp³-hybridized carbons (Fsp3) is 0.647. The maximum atomic E-state index is 6.37. The summed E-state index contributed by atoms with van der Waals surface area (Å²) in [6, 6.07) is 8.43. The van der Waals surface area contributed by atoms with Crippen molar-refractivity contribution in [2.45, 2.75) is 64.4 Å². The second-order valence-corrected chi connectivity index (χ2v) is 6.54. The highest BCUT2D eigenvalue weighted by Crippen LogP contribution is 2.49. The van der Waals surface area contributed by atoms with Crippen molar-refractivity contribution in [2.75, 3.05) is 0 Å². The molecule has 0 spiro atoms. The quantitative estimate of drug-likeness (QED) is 0.659. The maximum Gasteiger partial charge on any atom is 0.123 e. The van der Waals surface area contributed by atoms with Crippen molar-refractivity contribution in [1.82, 2.24) is 0 Å². The first-order valence-electron chi connectivity index (χ1n) is 7.42. The van der Waals surface area contributed by atoms with E-state index < -0.39 is 0 Å². The molecule has 106 valence electrons. The molecule has 1 fully saturated rings. The molecule has 0 N–H and O–H groups in total. The van der Waals surface area contributed by atoms with E-state index in [1.165, 1.54) is 5.56 Å². The molecule has 0 amide bonds. The summed E-state index contributed by atoms with van der Waals surface area (Å²) in [5, 5.41) is 0.248. The minimum Gasteiger partial charge on any atom is -0.489 e. The monoisotopic (exact) mass is 280 g/mol. The van der Waals surface area contributed by atoms with Crippen LogP contribution in [-0.4, -0.2) is 11.5 Å². The van der Waals surface area contributed by atoms with E-state index in [2.05, 4.69) is 52.0 Å². The first-order chi connectivity index (χ1) is 9.02. The normalized spacial score (nSPS) is 31.6. The number of benzene rings is 1. The average Bonchev–Trinajstić information content (AvgIpc) is 2.45. The van der Waals surface area contributed by atoms with E-state index in [1.54, 1.807) is 0 Å². The standard InChI is InChI=1S/C17H25ClO/c1-5-12(3)13-9-7-8-10-14(13)19-16-11-15(18)17(16,4)6-2/h7-10,12,15-16H,5-6,11H2,1-4H3. The van der Waals surface area contributed by atoms with Crippen LogP contribution in [0.1, 0.15) is 58.4 Å². The molecule has 19 heavy (non-hydrogen) atoms. The van der Waals surface area contributed by atoms with Crippen LogP contribution in [0, 0.1) is 5.41 Å². The molecule has 1 aromatic rings. The van der Waals surface area contributed by atoms with Crippen molar-refractivity contribution in [3.8, 4) is 5.75 Å². The van der Waals surface area contributed by atoms with Crippen LogP contribution in [0.4, 0.5) is 0 Å². The van der Waals surface area contributed by atoms with Crippen LogP contribution in [0.5, 0.6) is 5.75 Å². The minimum atomic E-state index is 0.115. The smallest absolute Gasteiger partial charge is 0.123 e. The lowest BCUT2D eigenvalue weighted by Gasteiger charge is -2.50. The number of hydrogen-bond donors (Lipinski definition) is 0. The average molecular weight is 281 g/mol. The fourth-order valence-corrected chi connectivity index (χ4v) is 3.22. The number of para-hydroxylation sites is 1. The summed E-state index contributed by atoms with van der Waals surface area (Å²) in [4.78, 5) is 0. The van der Waals surface area contributed by atoms with Crippen molar-refractivity contribution in [3.63, 3.8) is 0 Å². The van der Waals surface area contributed by atoms with Crippen LogP contribution in [-0.2, 0) is 0 Å². The lowest BCUT2D eigenvalue weighted by Crippen LogP contribution is -2.55. The third-order valence-corrected chi connectivity index (χ3v) is 5.64. The third-order valence-electron chi connectivity index (χ3n) is 4.97. The second kappa shape index (κ2) is 5.75. The minimum absolute atomic E-state index is 0.115. The lowest BCUT2D eigenvalue weighted by molar-refractivity contribution is -0.0301. The van der Waals surface area contributed by atoms with Crippen LogP contribution in [0.25, 0.3) is 0 Å². The van der Waals surface area contributed by atoms with E-state index in [4.69, 9.17) is 16.3 Å².